The third kappa shape index (κ3) is 4.01. The second kappa shape index (κ2) is 9.44. The largest absolute Gasteiger partial charge is 0.508 e. The van der Waals surface area contributed by atoms with E-state index in [-0.39, 0.29) is 48.4 Å². The zero-order valence-electron chi connectivity index (χ0n) is 21.1. The quantitative estimate of drug-likeness (QED) is 0.198. The van der Waals surface area contributed by atoms with Gasteiger partial charge < -0.3 is 41.9 Å². The molecule has 11 heteroatoms. The maximum atomic E-state index is 13.7. The molecule has 3 aliphatic rings. The number of benzene rings is 2. The number of ketones is 2. The SMILES string of the molecule is CNc1cc(CNCc2ccc(O)cc2)c(O)c2c1CC1CC3CC(=O)C(C(N)=O)=C(O)[C@@]3(O)C(=O)C1=C2O. The molecule has 0 bridgehead atoms. The monoisotopic (exact) mass is 535 g/mol. The van der Waals surface area contributed by atoms with Gasteiger partial charge in [-0.1, -0.05) is 12.1 Å². The Kier molecular flexibility index (Phi) is 6.36. The van der Waals surface area contributed by atoms with Gasteiger partial charge in [0.05, 0.1) is 5.56 Å². The minimum atomic E-state index is -2.60. The first-order valence-corrected chi connectivity index (χ1v) is 12.5. The second-order valence-electron chi connectivity index (χ2n) is 10.2. The maximum absolute atomic E-state index is 13.7. The fraction of sp³-hybridized carbons (Fsp3) is 0.321. The third-order valence-electron chi connectivity index (χ3n) is 7.99. The molecule has 0 aliphatic heterocycles. The molecule has 0 aromatic heterocycles. The molecule has 3 aliphatic carbocycles. The number of fused-ring (bicyclic) bond motifs is 3. The number of aromatic hydroxyl groups is 2. The summed E-state index contributed by atoms with van der Waals surface area (Å²) in [5, 5.41) is 60.4. The summed E-state index contributed by atoms with van der Waals surface area (Å²) in [6.45, 7) is 0.633. The van der Waals surface area contributed by atoms with E-state index in [4.69, 9.17) is 5.73 Å². The smallest absolute Gasteiger partial charge is 0.255 e. The summed E-state index contributed by atoms with van der Waals surface area (Å²) in [5.74, 6) is -6.39. The Hall–Kier alpha value is -4.35. The van der Waals surface area contributed by atoms with Crippen molar-refractivity contribution in [2.45, 2.75) is 38.0 Å². The van der Waals surface area contributed by atoms with E-state index in [1.807, 2.05) is 0 Å². The molecule has 1 fully saturated rings. The highest BCUT2D eigenvalue weighted by molar-refractivity contribution is 6.22. The van der Waals surface area contributed by atoms with E-state index < -0.39 is 52.0 Å². The molecular formula is C28H29N3O8. The molecule has 2 unspecified atom stereocenters. The molecule has 39 heavy (non-hydrogen) atoms. The summed E-state index contributed by atoms with van der Waals surface area (Å²) in [6.07, 6.45) is -0.0696. The minimum Gasteiger partial charge on any atom is -0.508 e. The average Bonchev–Trinajstić information content (AvgIpc) is 2.88. The molecular weight excluding hydrogens is 506 g/mol. The van der Waals surface area contributed by atoms with Crippen molar-refractivity contribution in [1.82, 2.24) is 5.32 Å². The first kappa shape index (κ1) is 26.3. The number of nitrogens with two attached hydrogens (primary N) is 1. The van der Waals surface area contributed by atoms with Crippen molar-refractivity contribution in [3.63, 3.8) is 0 Å². The fourth-order valence-corrected chi connectivity index (χ4v) is 6.06. The molecule has 3 atom stereocenters. The van der Waals surface area contributed by atoms with Gasteiger partial charge in [-0.05, 0) is 48.1 Å². The highest BCUT2D eigenvalue weighted by Crippen LogP contribution is 2.53. The van der Waals surface area contributed by atoms with Gasteiger partial charge in [-0.2, -0.15) is 0 Å². The lowest BCUT2D eigenvalue weighted by Gasteiger charge is -2.46. The molecule has 1 saturated carbocycles. The van der Waals surface area contributed by atoms with Gasteiger partial charge in [-0.3, -0.25) is 14.4 Å². The Bertz CT molecular complexity index is 1480. The summed E-state index contributed by atoms with van der Waals surface area (Å²) < 4.78 is 0. The zero-order chi connectivity index (χ0) is 28.2. The number of aliphatic hydroxyl groups excluding tert-OH is 2. The highest BCUT2D eigenvalue weighted by atomic mass is 16.3. The Morgan fingerprint density at radius 1 is 1.08 bits per heavy atom. The number of primary amides is 1. The number of carbonyl (C=O) groups is 3. The molecule has 204 valence electrons. The lowest BCUT2D eigenvalue weighted by atomic mass is 9.59. The molecule has 0 saturated heterocycles. The van der Waals surface area contributed by atoms with Crippen molar-refractivity contribution >= 4 is 28.9 Å². The van der Waals surface area contributed by atoms with E-state index in [0.29, 0.717) is 23.4 Å². The van der Waals surface area contributed by atoms with Gasteiger partial charge in [0.1, 0.15) is 28.6 Å². The molecule has 9 N–H and O–H groups in total. The summed E-state index contributed by atoms with van der Waals surface area (Å²) in [7, 11) is 1.69. The van der Waals surface area contributed by atoms with Gasteiger partial charge in [-0.15, -0.1) is 0 Å². The first-order chi connectivity index (χ1) is 18.5. The minimum absolute atomic E-state index is 0.0374. The number of nitrogens with one attached hydrogen (secondary N) is 2. The van der Waals surface area contributed by atoms with E-state index in [1.165, 1.54) is 0 Å². The van der Waals surface area contributed by atoms with Crippen molar-refractivity contribution < 1.29 is 39.9 Å². The summed E-state index contributed by atoms with van der Waals surface area (Å²) >= 11 is 0. The number of hydrogen-bond acceptors (Lipinski definition) is 10. The number of aliphatic hydroxyl groups is 3. The predicted octanol–water partition coefficient (Wildman–Crippen LogP) is 1.46. The van der Waals surface area contributed by atoms with Crippen LogP contribution in [0, 0.1) is 11.8 Å². The van der Waals surface area contributed by atoms with Crippen LogP contribution in [0.5, 0.6) is 11.5 Å². The van der Waals surface area contributed by atoms with Gasteiger partial charge in [0.15, 0.2) is 11.4 Å². The third-order valence-corrected chi connectivity index (χ3v) is 7.99. The van der Waals surface area contributed by atoms with Crippen LogP contribution in [0.4, 0.5) is 5.69 Å². The van der Waals surface area contributed by atoms with Gasteiger partial charge in [-0.25, -0.2) is 0 Å². The van der Waals surface area contributed by atoms with Crippen LogP contribution in [0.25, 0.3) is 5.76 Å². The summed E-state index contributed by atoms with van der Waals surface area (Å²) in [4.78, 5) is 38.0. The van der Waals surface area contributed by atoms with E-state index >= 15 is 0 Å². The van der Waals surface area contributed by atoms with E-state index in [2.05, 4.69) is 10.6 Å². The number of amides is 1. The van der Waals surface area contributed by atoms with Crippen LogP contribution in [-0.2, 0) is 33.9 Å². The number of phenols is 2. The first-order valence-electron chi connectivity index (χ1n) is 12.5. The molecule has 2 aromatic carbocycles. The van der Waals surface area contributed by atoms with E-state index in [9.17, 15) is 39.9 Å². The van der Waals surface area contributed by atoms with Crippen molar-refractivity contribution in [2.75, 3.05) is 12.4 Å². The zero-order valence-corrected chi connectivity index (χ0v) is 21.1. The van der Waals surface area contributed by atoms with Gasteiger partial charge in [0.2, 0.25) is 5.78 Å². The van der Waals surface area contributed by atoms with Gasteiger partial charge >= 0.3 is 0 Å². The van der Waals surface area contributed by atoms with Crippen LogP contribution in [0.2, 0.25) is 0 Å². The number of phenolic OH excluding ortho intramolecular Hbond substituents is 2. The van der Waals surface area contributed by atoms with Crippen LogP contribution < -0.4 is 16.4 Å². The van der Waals surface area contributed by atoms with Crippen LogP contribution in [0.3, 0.4) is 0 Å². The molecule has 11 nitrogen and oxygen atoms in total. The molecule has 1 amide bonds. The average molecular weight is 536 g/mol. The lowest BCUT2D eigenvalue weighted by Crippen LogP contribution is -2.58. The van der Waals surface area contributed by atoms with Gasteiger partial charge in [0.25, 0.3) is 5.91 Å². The lowest BCUT2D eigenvalue weighted by molar-refractivity contribution is -0.147. The Morgan fingerprint density at radius 2 is 1.77 bits per heavy atom. The molecule has 2 aromatic rings. The number of rotatable bonds is 6. The van der Waals surface area contributed by atoms with Crippen LogP contribution in [0.1, 0.15) is 35.1 Å². The second-order valence-corrected chi connectivity index (χ2v) is 10.2. The van der Waals surface area contributed by atoms with Crippen LogP contribution in [-0.4, -0.2) is 55.7 Å². The number of anilines is 1. The predicted molar refractivity (Wildman–Crippen MR) is 140 cm³/mol. The van der Waals surface area contributed by atoms with Gasteiger partial charge in [0, 0.05) is 49.3 Å². The normalized spacial score (nSPS) is 24.3. The number of carbonyl (C=O) groups excluding carboxylic acids is 3. The Labute approximate surface area is 223 Å². The highest BCUT2D eigenvalue weighted by Gasteiger charge is 2.60. The molecule has 0 heterocycles. The standard InChI is InChI=1S/C28H29N3O8/c1-30-18-8-14(11-31-10-12-2-4-16(32)5-3-12)23(34)21-17(18)7-13-6-15-9-19(33)22(27(29)38)26(37)28(15,39)25(36)20(13)24(21)35/h2-5,8,13,15,30-32,34-35,37,39H,6-7,9-11H2,1H3,(H2,29,38)/t13?,15?,28-/m0/s1. The van der Waals surface area contributed by atoms with E-state index in [0.717, 1.165) is 5.56 Å². The van der Waals surface area contributed by atoms with Crippen molar-refractivity contribution in [1.29, 1.82) is 0 Å². The summed E-state index contributed by atoms with van der Waals surface area (Å²) in [5.41, 5.74) is 4.20. The van der Waals surface area contributed by atoms with E-state index in [1.54, 1.807) is 37.4 Å². The van der Waals surface area contributed by atoms with Crippen LogP contribution in [0.15, 0.2) is 47.2 Å². The summed E-state index contributed by atoms with van der Waals surface area (Å²) in [6, 6.07) is 8.38. The van der Waals surface area contributed by atoms with Crippen molar-refractivity contribution in [3.8, 4) is 11.5 Å². The Morgan fingerprint density at radius 3 is 2.41 bits per heavy atom. The molecule has 0 radical (unpaired) electrons. The maximum Gasteiger partial charge on any atom is 0.255 e. The molecule has 0 spiro atoms. The Balaban J connectivity index is 1.54. The fourth-order valence-electron chi connectivity index (χ4n) is 6.06. The number of Topliss-reactive ketones (excluding diaryl/α,β-unsaturated/α-hetero) is 2. The van der Waals surface area contributed by atoms with Crippen LogP contribution >= 0.6 is 0 Å². The topological polar surface area (TPSA) is 202 Å². The number of hydrogen-bond donors (Lipinski definition) is 8. The van der Waals surface area contributed by atoms with Crippen molar-refractivity contribution in [3.05, 3.63) is 69.5 Å². The molecule has 5 rings (SSSR count). The van der Waals surface area contributed by atoms with Crippen molar-refractivity contribution in [2.24, 2.45) is 17.6 Å².